The number of rotatable bonds is 7. The summed E-state index contributed by atoms with van der Waals surface area (Å²) in [5.74, 6) is 0.891. The molecular formula is C12H22N4O3S. The molecule has 0 radical (unpaired) electrons. The van der Waals surface area contributed by atoms with Crippen LogP contribution in [0.4, 0.5) is 5.82 Å². The number of hydrogen-bond acceptors (Lipinski definition) is 6. The highest BCUT2D eigenvalue weighted by molar-refractivity contribution is 7.88. The summed E-state index contributed by atoms with van der Waals surface area (Å²) in [4.78, 5) is 8.26. The lowest BCUT2D eigenvalue weighted by molar-refractivity contribution is 0.233. The molecule has 0 fully saturated rings. The largest absolute Gasteiger partial charge is 0.472 e. The van der Waals surface area contributed by atoms with Crippen molar-refractivity contribution in [3.8, 4) is 5.88 Å². The Bertz CT molecular complexity index is 543. The molecule has 20 heavy (non-hydrogen) atoms. The average Bonchev–Trinajstić information content (AvgIpc) is 2.24. The van der Waals surface area contributed by atoms with Gasteiger partial charge in [0.1, 0.15) is 0 Å². The number of nitrogens with zero attached hydrogens (tertiary/aromatic N) is 2. The maximum atomic E-state index is 11.3. The van der Waals surface area contributed by atoms with Gasteiger partial charge >= 0.3 is 0 Å². The third-order valence-electron chi connectivity index (χ3n) is 2.17. The van der Waals surface area contributed by atoms with Crippen LogP contribution < -0.4 is 14.8 Å². The highest BCUT2D eigenvalue weighted by atomic mass is 32.2. The van der Waals surface area contributed by atoms with Crippen LogP contribution in [0.2, 0.25) is 0 Å². The second kappa shape index (κ2) is 6.36. The quantitative estimate of drug-likeness (QED) is 0.780. The molecule has 1 heterocycles. The van der Waals surface area contributed by atoms with Crippen molar-refractivity contribution in [1.29, 1.82) is 0 Å². The molecule has 7 nitrogen and oxygen atoms in total. The highest BCUT2D eigenvalue weighted by Gasteiger charge is 2.22. The van der Waals surface area contributed by atoms with Crippen molar-refractivity contribution < 1.29 is 13.2 Å². The summed E-state index contributed by atoms with van der Waals surface area (Å²) in [7, 11) is -3.27. The second-order valence-electron chi connectivity index (χ2n) is 5.49. The summed E-state index contributed by atoms with van der Waals surface area (Å²) in [5.41, 5.74) is -0.653. The lowest BCUT2D eigenvalue weighted by atomic mass is 10.1. The van der Waals surface area contributed by atoms with E-state index < -0.39 is 15.6 Å². The van der Waals surface area contributed by atoms with Crippen LogP contribution in [0.15, 0.2) is 12.4 Å². The van der Waals surface area contributed by atoms with E-state index in [1.807, 2.05) is 13.8 Å². The molecule has 0 aliphatic carbocycles. The average molecular weight is 302 g/mol. The number of hydrogen-bond donors (Lipinski definition) is 2. The first-order chi connectivity index (χ1) is 9.09. The molecule has 0 saturated heterocycles. The monoisotopic (exact) mass is 302 g/mol. The minimum atomic E-state index is -3.27. The zero-order valence-corrected chi connectivity index (χ0v) is 13.3. The fraction of sp³-hybridized carbons (Fsp3) is 0.667. The molecule has 1 aromatic heterocycles. The van der Waals surface area contributed by atoms with Gasteiger partial charge in [0, 0.05) is 24.5 Å². The molecule has 0 bridgehead atoms. The van der Waals surface area contributed by atoms with Gasteiger partial charge in [0.15, 0.2) is 5.82 Å². The number of nitrogens with one attached hydrogen (secondary N) is 2. The predicted octanol–water partition coefficient (Wildman–Crippen LogP) is 1.00. The van der Waals surface area contributed by atoms with Gasteiger partial charge in [-0.2, -0.15) is 0 Å². The summed E-state index contributed by atoms with van der Waals surface area (Å²) >= 11 is 0. The highest BCUT2D eigenvalue weighted by Crippen LogP contribution is 2.19. The van der Waals surface area contributed by atoms with Gasteiger partial charge in [-0.1, -0.05) is 0 Å². The van der Waals surface area contributed by atoms with Gasteiger partial charge in [-0.3, -0.25) is 0 Å². The number of anilines is 1. The molecule has 1 aromatic rings. The molecule has 0 unspecified atom stereocenters. The van der Waals surface area contributed by atoms with E-state index in [2.05, 4.69) is 20.0 Å². The van der Waals surface area contributed by atoms with Crippen LogP contribution in [-0.2, 0) is 10.0 Å². The Hall–Kier alpha value is -1.41. The van der Waals surface area contributed by atoms with E-state index in [1.165, 1.54) is 0 Å². The zero-order valence-electron chi connectivity index (χ0n) is 12.5. The SMILES string of the molecule is CC(C)Oc1nccnc1NCC(C)(C)NS(C)(=O)=O. The summed E-state index contributed by atoms with van der Waals surface area (Å²) in [6.07, 6.45) is 4.20. The molecule has 1 rings (SSSR count). The van der Waals surface area contributed by atoms with Gasteiger partial charge < -0.3 is 10.1 Å². The number of ether oxygens (including phenoxy) is 1. The fourth-order valence-electron chi connectivity index (χ4n) is 1.60. The summed E-state index contributed by atoms with van der Waals surface area (Å²) in [5, 5.41) is 3.06. The lowest BCUT2D eigenvalue weighted by Crippen LogP contribution is -2.47. The maximum absolute atomic E-state index is 11.3. The van der Waals surface area contributed by atoms with Crippen LogP contribution in [0.25, 0.3) is 0 Å². The van der Waals surface area contributed by atoms with Crippen LogP contribution >= 0.6 is 0 Å². The third-order valence-corrected chi connectivity index (χ3v) is 3.09. The fourth-order valence-corrected chi connectivity index (χ4v) is 2.67. The summed E-state index contributed by atoms with van der Waals surface area (Å²) in [6.45, 7) is 7.70. The van der Waals surface area contributed by atoms with Crippen molar-refractivity contribution in [2.75, 3.05) is 18.1 Å². The molecule has 2 N–H and O–H groups in total. The van der Waals surface area contributed by atoms with E-state index in [1.54, 1.807) is 26.2 Å². The van der Waals surface area contributed by atoms with Crippen LogP contribution in [0, 0.1) is 0 Å². The van der Waals surface area contributed by atoms with Crippen molar-refractivity contribution in [2.45, 2.75) is 39.3 Å². The Kier molecular flexibility index (Phi) is 5.29. The topological polar surface area (TPSA) is 93.2 Å². The lowest BCUT2D eigenvalue weighted by Gasteiger charge is -2.25. The van der Waals surface area contributed by atoms with Crippen molar-refractivity contribution in [3.05, 3.63) is 12.4 Å². The zero-order chi connectivity index (χ0) is 15.4. The summed E-state index contributed by atoms with van der Waals surface area (Å²) in [6, 6.07) is 0. The van der Waals surface area contributed by atoms with Crippen molar-refractivity contribution in [2.24, 2.45) is 0 Å². The molecule has 0 amide bonds. The Morgan fingerprint density at radius 1 is 1.30 bits per heavy atom. The second-order valence-corrected chi connectivity index (χ2v) is 7.24. The molecule has 8 heteroatoms. The van der Waals surface area contributed by atoms with E-state index in [-0.39, 0.29) is 6.10 Å². The van der Waals surface area contributed by atoms with Crippen molar-refractivity contribution in [3.63, 3.8) is 0 Å². The van der Waals surface area contributed by atoms with E-state index >= 15 is 0 Å². The molecular weight excluding hydrogens is 280 g/mol. The van der Waals surface area contributed by atoms with E-state index in [0.29, 0.717) is 18.2 Å². The Morgan fingerprint density at radius 2 is 1.90 bits per heavy atom. The van der Waals surface area contributed by atoms with Gasteiger partial charge in [0.2, 0.25) is 10.0 Å². The van der Waals surface area contributed by atoms with Gasteiger partial charge in [0.05, 0.1) is 12.4 Å². The van der Waals surface area contributed by atoms with E-state index in [0.717, 1.165) is 6.26 Å². The van der Waals surface area contributed by atoms with E-state index in [9.17, 15) is 8.42 Å². The van der Waals surface area contributed by atoms with Crippen LogP contribution in [0.3, 0.4) is 0 Å². The molecule has 0 aliphatic heterocycles. The number of sulfonamides is 1. The third kappa shape index (κ3) is 6.16. The molecule has 114 valence electrons. The molecule has 0 spiro atoms. The van der Waals surface area contributed by atoms with Crippen LogP contribution in [0.5, 0.6) is 5.88 Å². The van der Waals surface area contributed by atoms with Gasteiger partial charge in [-0.25, -0.2) is 23.1 Å². The number of aromatic nitrogens is 2. The first-order valence-corrected chi connectivity index (χ1v) is 8.19. The normalized spacial score (nSPS) is 12.5. The van der Waals surface area contributed by atoms with Crippen LogP contribution in [-0.4, -0.2) is 42.8 Å². The molecule has 0 aliphatic rings. The smallest absolute Gasteiger partial charge is 0.257 e. The van der Waals surface area contributed by atoms with Gasteiger partial charge in [-0.05, 0) is 27.7 Å². The maximum Gasteiger partial charge on any atom is 0.257 e. The van der Waals surface area contributed by atoms with Crippen molar-refractivity contribution >= 4 is 15.8 Å². The van der Waals surface area contributed by atoms with Gasteiger partial charge in [0.25, 0.3) is 5.88 Å². The summed E-state index contributed by atoms with van der Waals surface area (Å²) < 4.78 is 30.6. The van der Waals surface area contributed by atoms with E-state index in [4.69, 9.17) is 4.74 Å². The first kappa shape index (κ1) is 16.6. The first-order valence-electron chi connectivity index (χ1n) is 6.29. The standard InChI is InChI=1S/C12H22N4O3S/c1-9(2)19-11-10(13-6-7-14-11)15-8-12(3,4)16-20(5,17)18/h6-7,9,16H,8H2,1-5H3,(H,13,15). The Morgan fingerprint density at radius 3 is 2.45 bits per heavy atom. The molecule has 0 saturated carbocycles. The van der Waals surface area contributed by atoms with Crippen molar-refractivity contribution in [1.82, 2.24) is 14.7 Å². The minimum Gasteiger partial charge on any atom is -0.472 e. The van der Waals surface area contributed by atoms with Crippen LogP contribution in [0.1, 0.15) is 27.7 Å². The minimum absolute atomic E-state index is 0.0191. The predicted molar refractivity (Wildman–Crippen MR) is 78.3 cm³/mol. The molecule has 0 aromatic carbocycles. The van der Waals surface area contributed by atoms with Gasteiger partial charge in [-0.15, -0.1) is 0 Å². The Labute approximate surface area is 120 Å². The molecule has 0 atom stereocenters. The Balaban J connectivity index is 2.74.